The van der Waals surface area contributed by atoms with Crippen LogP contribution in [-0.2, 0) is 13.0 Å². The Balaban J connectivity index is 1.34. The second-order valence-corrected chi connectivity index (χ2v) is 12.7. The van der Waals surface area contributed by atoms with E-state index in [1.54, 1.807) is 23.6 Å². The van der Waals surface area contributed by atoms with Gasteiger partial charge in [-0.25, -0.2) is 13.2 Å². The molecule has 5 nitrogen and oxygen atoms in total. The van der Waals surface area contributed by atoms with E-state index in [4.69, 9.17) is 16.3 Å². The number of benzene rings is 3. The number of fused-ring (bicyclic) bond motifs is 1. The Kier molecular flexibility index (Phi) is 9.10. The minimum Gasteiger partial charge on any atom is -0.494 e. The van der Waals surface area contributed by atoms with Crippen LogP contribution in [-0.4, -0.2) is 60.0 Å². The van der Waals surface area contributed by atoms with Crippen molar-refractivity contribution in [3.8, 4) is 16.9 Å². The molecule has 1 aromatic heterocycles. The van der Waals surface area contributed by atoms with Gasteiger partial charge in [-0.15, -0.1) is 11.8 Å². The number of nitrogens with zero attached hydrogens (tertiary/aromatic N) is 3. The van der Waals surface area contributed by atoms with Crippen LogP contribution in [0.15, 0.2) is 70.5 Å². The van der Waals surface area contributed by atoms with Crippen molar-refractivity contribution < 1.29 is 17.9 Å². The minimum atomic E-state index is -0.655. The summed E-state index contributed by atoms with van der Waals surface area (Å²) in [5, 5.41) is 1.45. The number of piperazine rings is 1. The van der Waals surface area contributed by atoms with Gasteiger partial charge in [0.15, 0.2) is 11.6 Å². The van der Waals surface area contributed by atoms with Gasteiger partial charge in [0, 0.05) is 67.6 Å². The van der Waals surface area contributed by atoms with Crippen molar-refractivity contribution in [3.63, 3.8) is 0 Å². The Morgan fingerprint density at radius 3 is 2.30 bits per heavy atom. The third-order valence-corrected chi connectivity index (χ3v) is 10.3. The van der Waals surface area contributed by atoms with Crippen LogP contribution in [0.5, 0.6) is 5.75 Å². The molecule has 3 heterocycles. The molecule has 44 heavy (non-hydrogen) atoms. The fourth-order valence-electron chi connectivity index (χ4n) is 6.26. The van der Waals surface area contributed by atoms with Crippen LogP contribution in [0.3, 0.4) is 0 Å². The van der Waals surface area contributed by atoms with Crippen LogP contribution in [0.4, 0.5) is 13.2 Å². The number of hydrogen-bond acceptors (Lipinski definition) is 5. The number of aromatic nitrogens is 1. The Hall–Kier alpha value is -3.24. The normalized spacial score (nSPS) is 17.2. The summed E-state index contributed by atoms with van der Waals surface area (Å²) in [6, 6.07) is 16.2. The van der Waals surface area contributed by atoms with Crippen molar-refractivity contribution in [2.45, 2.75) is 31.0 Å². The molecule has 1 saturated heterocycles. The molecule has 1 atom stereocenters. The van der Waals surface area contributed by atoms with E-state index in [9.17, 15) is 13.6 Å². The summed E-state index contributed by atoms with van der Waals surface area (Å²) >= 11 is 7.90. The lowest BCUT2D eigenvalue weighted by Crippen LogP contribution is -2.48. The van der Waals surface area contributed by atoms with Crippen molar-refractivity contribution in [2.24, 2.45) is 0 Å². The zero-order valence-corrected chi connectivity index (χ0v) is 26.2. The summed E-state index contributed by atoms with van der Waals surface area (Å²) in [5.74, 6) is -1.30. The van der Waals surface area contributed by atoms with Gasteiger partial charge >= 0.3 is 0 Å². The van der Waals surface area contributed by atoms with Gasteiger partial charge in [-0.05, 0) is 47.9 Å². The topological polar surface area (TPSA) is 37.7 Å². The Morgan fingerprint density at radius 1 is 0.909 bits per heavy atom. The highest BCUT2D eigenvalue weighted by Crippen LogP contribution is 2.41. The first kappa shape index (κ1) is 30.8. The first-order valence-electron chi connectivity index (χ1n) is 14.6. The van der Waals surface area contributed by atoms with Gasteiger partial charge in [0.05, 0.1) is 23.7 Å². The lowest BCUT2D eigenvalue weighted by atomic mass is 9.94. The van der Waals surface area contributed by atoms with Gasteiger partial charge in [0.25, 0.3) is 5.56 Å². The molecule has 0 aliphatic carbocycles. The molecule has 6 rings (SSSR count). The minimum absolute atomic E-state index is 0.0223. The maximum Gasteiger partial charge on any atom is 0.260 e. The van der Waals surface area contributed by atoms with E-state index < -0.39 is 17.5 Å². The van der Waals surface area contributed by atoms with Gasteiger partial charge in [-0.1, -0.05) is 48.0 Å². The number of thioether (sulfide) groups is 1. The number of hydrogen-bond donors (Lipinski definition) is 0. The molecule has 4 aromatic rings. The van der Waals surface area contributed by atoms with Gasteiger partial charge in [0.1, 0.15) is 11.6 Å². The Morgan fingerprint density at radius 2 is 1.59 bits per heavy atom. The van der Waals surface area contributed by atoms with Crippen LogP contribution in [0.25, 0.3) is 11.1 Å². The van der Waals surface area contributed by atoms with Crippen molar-refractivity contribution in [1.29, 1.82) is 0 Å². The molecule has 3 aromatic carbocycles. The lowest BCUT2D eigenvalue weighted by molar-refractivity contribution is 0.116. The molecule has 0 amide bonds. The fourth-order valence-corrected chi connectivity index (χ4v) is 7.83. The average molecular weight is 640 g/mol. The summed E-state index contributed by atoms with van der Waals surface area (Å²) in [5.41, 5.74) is 2.15. The summed E-state index contributed by atoms with van der Waals surface area (Å²) in [7, 11) is 1.37. The molecule has 0 spiro atoms. The summed E-state index contributed by atoms with van der Waals surface area (Å²) in [6.07, 6.45) is -0.0566. The molecule has 10 heteroatoms. The van der Waals surface area contributed by atoms with Gasteiger partial charge in [-0.2, -0.15) is 0 Å². The zero-order valence-electron chi connectivity index (χ0n) is 24.6. The highest BCUT2D eigenvalue weighted by molar-refractivity contribution is 7.99. The maximum absolute atomic E-state index is 15.6. The van der Waals surface area contributed by atoms with E-state index in [1.165, 1.54) is 43.1 Å². The molecule has 1 unspecified atom stereocenters. The molecule has 0 radical (unpaired) electrons. The molecule has 0 bridgehead atoms. The van der Waals surface area contributed by atoms with E-state index in [0.717, 1.165) is 43.3 Å². The molecule has 0 saturated carbocycles. The summed E-state index contributed by atoms with van der Waals surface area (Å²) in [4.78, 5) is 19.0. The molecular formula is C34H33ClF3N3O2S. The average Bonchev–Trinajstić information content (AvgIpc) is 3.43. The maximum atomic E-state index is 15.6. The van der Waals surface area contributed by atoms with E-state index in [0.29, 0.717) is 28.5 Å². The van der Waals surface area contributed by atoms with Crippen molar-refractivity contribution >= 4 is 23.4 Å². The molecule has 230 valence electrons. The van der Waals surface area contributed by atoms with E-state index in [1.807, 2.05) is 24.3 Å². The zero-order chi connectivity index (χ0) is 31.0. The van der Waals surface area contributed by atoms with E-state index in [-0.39, 0.29) is 40.5 Å². The van der Waals surface area contributed by atoms with E-state index in [2.05, 4.69) is 9.80 Å². The number of ether oxygens (including phenoxy) is 1. The Labute approximate surface area is 264 Å². The number of halogens is 4. The van der Waals surface area contributed by atoms with Crippen LogP contribution in [0, 0.1) is 24.4 Å². The van der Waals surface area contributed by atoms with Crippen molar-refractivity contribution in [1.82, 2.24) is 14.4 Å². The van der Waals surface area contributed by atoms with Gasteiger partial charge in [-0.3, -0.25) is 19.2 Å². The predicted molar refractivity (Wildman–Crippen MR) is 169 cm³/mol. The number of methoxy groups -OCH3 is 1. The molecule has 0 N–H and O–H groups in total. The summed E-state index contributed by atoms with van der Waals surface area (Å²) < 4.78 is 52.3. The monoisotopic (exact) mass is 639 g/mol. The third kappa shape index (κ3) is 5.90. The Bertz CT molecular complexity index is 1740. The quantitative estimate of drug-likeness (QED) is 0.208. The lowest BCUT2D eigenvalue weighted by Gasteiger charge is -2.36. The largest absolute Gasteiger partial charge is 0.494 e. The SMILES string of the molecule is COc1cccc(-c2c(C)c(Cc3c(F)cccc3F)c3n(c2=O)C(CN2CCN(Cc4ccccc4Cl)CC2)CS3)c1F. The van der Waals surface area contributed by atoms with Crippen LogP contribution in [0.2, 0.25) is 5.02 Å². The first-order chi connectivity index (χ1) is 21.3. The second-order valence-electron chi connectivity index (χ2n) is 11.3. The molecule has 1 fully saturated rings. The van der Waals surface area contributed by atoms with Crippen LogP contribution in [0.1, 0.15) is 28.3 Å². The van der Waals surface area contributed by atoms with Crippen LogP contribution >= 0.6 is 23.4 Å². The standard InChI is InChI=1S/C34H33ClF3N3O2S/c1-21-25(17-26-28(36)10-6-11-29(26)37)34-41(33(42)31(21)24-8-5-12-30(43-2)32(24)38)23(20-44-34)19-40-15-13-39(14-16-40)18-22-7-3-4-9-27(22)35/h3-12,23H,13-20H2,1-2H3. The molecule has 2 aliphatic rings. The van der Waals surface area contributed by atoms with Crippen molar-refractivity contribution in [3.05, 3.63) is 116 Å². The van der Waals surface area contributed by atoms with Gasteiger partial charge < -0.3 is 4.74 Å². The van der Waals surface area contributed by atoms with Crippen molar-refractivity contribution in [2.75, 3.05) is 45.6 Å². The number of pyridine rings is 1. The predicted octanol–water partition coefficient (Wildman–Crippen LogP) is 6.96. The molecule has 2 aliphatic heterocycles. The second kappa shape index (κ2) is 13.0. The third-order valence-electron chi connectivity index (χ3n) is 8.67. The van der Waals surface area contributed by atoms with Crippen LogP contribution < -0.4 is 10.3 Å². The van der Waals surface area contributed by atoms with E-state index >= 15 is 4.39 Å². The molecular weight excluding hydrogens is 607 g/mol. The fraction of sp³-hybridized carbons (Fsp3) is 0.324. The highest BCUT2D eigenvalue weighted by atomic mass is 35.5. The highest BCUT2D eigenvalue weighted by Gasteiger charge is 2.33. The summed E-state index contributed by atoms with van der Waals surface area (Å²) in [6.45, 7) is 6.52. The first-order valence-corrected chi connectivity index (χ1v) is 16.0. The van der Waals surface area contributed by atoms with Gasteiger partial charge in [0.2, 0.25) is 0 Å². The number of rotatable bonds is 8. The smallest absolute Gasteiger partial charge is 0.260 e.